The van der Waals surface area contributed by atoms with E-state index in [9.17, 15) is 9.18 Å². The zero-order valence-corrected chi connectivity index (χ0v) is 14.6. The summed E-state index contributed by atoms with van der Waals surface area (Å²) in [7, 11) is 0. The summed E-state index contributed by atoms with van der Waals surface area (Å²) in [5.41, 5.74) is 1.31. The van der Waals surface area contributed by atoms with Crippen LogP contribution in [-0.2, 0) is 11.2 Å². The smallest absolute Gasteiger partial charge is 0.230 e. The second kappa shape index (κ2) is 8.43. The van der Waals surface area contributed by atoms with Crippen LogP contribution in [0.3, 0.4) is 0 Å². The molecule has 0 bridgehead atoms. The number of amides is 1. The van der Waals surface area contributed by atoms with Crippen molar-refractivity contribution in [3.8, 4) is 11.4 Å². The maximum absolute atomic E-state index is 13.5. The first-order valence-electron chi connectivity index (χ1n) is 7.89. The first-order chi connectivity index (χ1) is 12.6. The van der Waals surface area contributed by atoms with Gasteiger partial charge in [-0.05, 0) is 30.2 Å². The average Bonchev–Trinajstić information content (AvgIpc) is 3.03. The van der Waals surface area contributed by atoms with Crippen LogP contribution in [0.15, 0.2) is 53.9 Å². The van der Waals surface area contributed by atoms with E-state index in [0.29, 0.717) is 29.5 Å². The second-order valence-corrected chi connectivity index (χ2v) is 6.34. The maximum Gasteiger partial charge on any atom is 0.230 e. The number of nitrogens with two attached hydrogens (primary N) is 1. The van der Waals surface area contributed by atoms with Gasteiger partial charge >= 0.3 is 0 Å². The number of nitrogen functional groups attached to an aromatic ring is 1. The van der Waals surface area contributed by atoms with Crippen LogP contribution in [0.2, 0.25) is 0 Å². The monoisotopic (exact) mass is 372 g/mol. The van der Waals surface area contributed by atoms with Crippen LogP contribution < -0.4 is 11.2 Å². The highest BCUT2D eigenvalue weighted by Gasteiger charge is 2.13. The molecule has 2 heterocycles. The van der Waals surface area contributed by atoms with Crippen LogP contribution in [0.25, 0.3) is 11.4 Å². The van der Waals surface area contributed by atoms with E-state index in [2.05, 4.69) is 20.5 Å². The normalized spacial score (nSPS) is 10.7. The number of rotatable bonds is 7. The number of pyridine rings is 1. The highest BCUT2D eigenvalue weighted by molar-refractivity contribution is 7.99. The van der Waals surface area contributed by atoms with Gasteiger partial charge in [0.25, 0.3) is 0 Å². The van der Waals surface area contributed by atoms with Gasteiger partial charge < -0.3 is 11.2 Å². The van der Waals surface area contributed by atoms with Crippen molar-refractivity contribution in [3.63, 3.8) is 0 Å². The number of hydrogen-bond donors (Lipinski definition) is 2. The second-order valence-electron chi connectivity index (χ2n) is 5.40. The lowest BCUT2D eigenvalue weighted by Crippen LogP contribution is -2.27. The number of carbonyl (C=O) groups excluding carboxylic acids is 1. The number of nitrogens with zero attached hydrogens (tertiary/aromatic N) is 4. The van der Waals surface area contributed by atoms with E-state index in [4.69, 9.17) is 5.84 Å². The first kappa shape index (κ1) is 17.9. The maximum atomic E-state index is 13.5. The van der Waals surface area contributed by atoms with E-state index in [0.717, 1.165) is 5.56 Å². The van der Waals surface area contributed by atoms with Crippen molar-refractivity contribution < 1.29 is 9.18 Å². The average molecular weight is 372 g/mol. The summed E-state index contributed by atoms with van der Waals surface area (Å²) >= 11 is 1.18. The quantitative estimate of drug-likeness (QED) is 0.483. The molecule has 1 aromatic carbocycles. The molecule has 1 amide bonds. The summed E-state index contributed by atoms with van der Waals surface area (Å²) in [6.45, 7) is 0.358. The van der Waals surface area contributed by atoms with Crippen molar-refractivity contribution in [1.82, 2.24) is 25.2 Å². The molecule has 26 heavy (non-hydrogen) atoms. The molecule has 3 aromatic rings. The molecule has 2 aromatic heterocycles. The Balaban J connectivity index is 1.49. The molecule has 134 valence electrons. The zero-order valence-electron chi connectivity index (χ0n) is 13.8. The zero-order chi connectivity index (χ0) is 18.4. The molecule has 0 radical (unpaired) electrons. The Kier molecular flexibility index (Phi) is 5.80. The van der Waals surface area contributed by atoms with Gasteiger partial charge in [0, 0.05) is 24.5 Å². The van der Waals surface area contributed by atoms with E-state index in [1.165, 1.54) is 22.5 Å². The lowest BCUT2D eigenvalue weighted by molar-refractivity contribution is -0.118. The van der Waals surface area contributed by atoms with Gasteiger partial charge in [-0.1, -0.05) is 30.0 Å². The highest BCUT2D eigenvalue weighted by Crippen LogP contribution is 2.20. The molecule has 0 aliphatic heterocycles. The van der Waals surface area contributed by atoms with E-state index < -0.39 is 0 Å². The molecule has 0 unspecified atom stereocenters. The molecule has 3 N–H and O–H groups in total. The number of hydrogen-bond acceptors (Lipinski definition) is 6. The molecular weight excluding hydrogens is 355 g/mol. The molecule has 0 aliphatic rings. The first-order valence-corrected chi connectivity index (χ1v) is 8.87. The van der Waals surface area contributed by atoms with Crippen LogP contribution in [0.5, 0.6) is 0 Å². The van der Waals surface area contributed by atoms with Gasteiger partial charge in [-0.2, -0.15) is 0 Å². The van der Waals surface area contributed by atoms with Gasteiger partial charge in [0.1, 0.15) is 5.82 Å². The standard InChI is InChI=1S/C17H17FN6OS/c18-14-6-2-1-4-12(14)7-9-21-15(25)11-26-17-23-22-16(24(17)19)13-5-3-8-20-10-13/h1-6,8,10H,7,9,11,19H2,(H,21,25). The molecule has 0 saturated heterocycles. The Morgan fingerprint density at radius 3 is 2.85 bits per heavy atom. The van der Waals surface area contributed by atoms with Crippen molar-refractivity contribution in [3.05, 3.63) is 60.2 Å². The molecule has 0 fully saturated rings. The van der Waals surface area contributed by atoms with Crippen molar-refractivity contribution in [2.75, 3.05) is 18.1 Å². The largest absolute Gasteiger partial charge is 0.355 e. The summed E-state index contributed by atoms with van der Waals surface area (Å²) in [6.07, 6.45) is 3.72. The number of benzene rings is 1. The Morgan fingerprint density at radius 2 is 2.08 bits per heavy atom. The number of carbonyl (C=O) groups is 1. The van der Waals surface area contributed by atoms with E-state index >= 15 is 0 Å². The van der Waals surface area contributed by atoms with Crippen LogP contribution in [-0.4, -0.2) is 38.1 Å². The highest BCUT2D eigenvalue weighted by atomic mass is 32.2. The molecular formula is C17H17FN6OS. The third-order valence-electron chi connectivity index (χ3n) is 3.59. The fourth-order valence-electron chi connectivity index (χ4n) is 2.29. The number of halogens is 1. The summed E-state index contributed by atoms with van der Waals surface area (Å²) in [5, 5.41) is 11.2. The van der Waals surface area contributed by atoms with Gasteiger partial charge in [-0.15, -0.1) is 10.2 Å². The molecule has 7 nitrogen and oxygen atoms in total. The van der Waals surface area contributed by atoms with Crippen LogP contribution in [0.4, 0.5) is 4.39 Å². The van der Waals surface area contributed by atoms with Gasteiger partial charge in [0.2, 0.25) is 11.1 Å². The van der Waals surface area contributed by atoms with Gasteiger partial charge in [-0.3, -0.25) is 9.78 Å². The van der Waals surface area contributed by atoms with Crippen LogP contribution in [0.1, 0.15) is 5.56 Å². The summed E-state index contributed by atoms with van der Waals surface area (Å²) in [4.78, 5) is 16.0. The van der Waals surface area contributed by atoms with Crippen molar-refractivity contribution in [1.29, 1.82) is 0 Å². The lowest BCUT2D eigenvalue weighted by Gasteiger charge is -2.06. The van der Waals surface area contributed by atoms with Crippen molar-refractivity contribution in [2.24, 2.45) is 0 Å². The Labute approximate surface area is 153 Å². The summed E-state index contributed by atoms with van der Waals surface area (Å²) in [6, 6.07) is 10.1. The Bertz CT molecular complexity index is 886. The minimum absolute atomic E-state index is 0.139. The fourth-order valence-corrected chi connectivity index (χ4v) is 2.97. The molecule has 0 spiro atoms. The molecule has 0 atom stereocenters. The predicted molar refractivity (Wildman–Crippen MR) is 97.2 cm³/mol. The van der Waals surface area contributed by atoms with Gasteiger partial charge in [0.05, 0.1) is 5.75 Å². The van der Waals surface area contributed by atoms with E-state index in [1.54, 1.807) is 36.7 Å². The van der Waals surface area contributed by atoms with Crippen molar-refractivity contribution >= 4 is 17.7 Å². The number of aromatic nitrogens is 4. The van der Waals surface area contributed by atoms with Crippen molar-refractivity contribution in [2.45, 2.75) is 11.6 Å². The van der Waals surface area contributed by atoms with Gasteiger partial charge in [-0.25, -0.2) is 9.07 Å². The topological polar surface area (TPSA) is 98.7 Å². The predicted octanol–water partition coefficient (Wildman–Crippen LogP) is 1.64. The summed E-state index contributed by atoms with van der Waals surface area (Å²) in [5.74, 6) is 6.14. The third-order valence-corrected chi connectivity index (χ3v) is 4.53. The van der Waals surface area contributed by atoms with Crippen LogP contribution >= 0.6 is 11.8 Å². The minimum Gasteiger partial charge on any atom is -0.355 e. The molecule has 9 heteroatoms. The molecule has 0 aliphatic carbocycles. The molecule has 0 saturated carbocycles. The molecule has 3 rings (SSSR count). The van der Waals surface area contributed by atoms with E-state index in [-0.39, 0.29) is 17.5 Å². The fraction of sp³-hybridized carbons (Fsp3) is 0.176. The Hall–Kier alpha value is -2.94. The van der Waals surface area contributed by atoms with E-state index in [1.807, 2.05) is 6.07 Å². The minimum atomic E-state index is -0.268. The number of thioether (sulfide) groups is 1. The third kappa shape index (κ3) is 4.37. The van der Waals surface area contributed by atoms with Crippen LogP contribution in [0, 0.1) is 5.82 Å². The summed E-state index contributed by atoms with van der Waals surface area (Å²) < 4.78 is 14.8. The number of nitrogens with one attached hydrogen (secondary N) is 1. The lowest BCUT2D eigenvalue weighted by atomic mass is 10.1. The Morgan fingerprint density at radius 1 is 1.23 bits per heavy atom. The SMILES string of the molecule is Nn1c(SCC(=O)NCCc2ccccc2F)nnc1-c1cccnc1. The van der Waals surface area contributed by atoms with Gasteiger partial charge in [0.15, 0.2) is 5.82 Å².